The molecule has 1 aliphatic heterocycles. The van der Waals surface area contributed by atoms with Crippen LogP contribution in [0.3, 0.4) is 0 Å². The van der Waals surface area contributed by atoms with Crippen molar-refractivity contribution in [2.45, 2.75) is 19.8 Å². The molecule has 0 aromatic carbocycles. The first-order valence-corrected chi connectivity index (χ1v) is 4.01. The second kappa shape index (κ2) is 2.34. The van der Waals surface area contributed by atoms with Crippen LogP contribution in [0.2, 0.25) is 0 Å². The third kappa shape index (κ3) is 1.05. The number of H-pyrrole nitrogens is 1. The van der Waals surface area contributed by atoms with Crippen molar-refractivity contribution in [2.75, 3.05) is 13.1 Å². The molecule has 0 amide bonds. The van der Waals surface area contributed by atoms with Crippen LogP contribution < -0.4 is 5.32 Å². The largest absolute Gasteiger partial charge is 0.346 e. The van der Waals surface area contributed by atoms with Crippen LogP contribution in [-0.2, 0) is 0 Å². The first kappa shape index (κ1) is 6.85. The molecule has 0 radical (unpaired) electrons. The van der Waals surface area contributed by atoms with E-state index in [1.165, 1.54) is 11.4 Å². The molecule has 0 atom stereocenters. The molecule has 11 heavy (non-hydrogen) atoms. The molecule has 0 unspecified atom stereocenters. The van der Waals surface area contributed by atoms with Crippen molar-refractivity contribution in [1.82, 2.24) is 15.3 Å². The number of hydrogen-bond acceptors (Lipinski definition) is 2. The number of aromatic nitrogens is 2. The zero-order valence-corrected chi connectivity index (χ0v) is 6.94. The van der Waals surface area contributed by atoms with E-state index in [0.717, 1.165) is 18.9 Å². The highest BCUT2D eigenvalue weighted by Crippen LogP contribution is 2.20. The maximum atomic E-state index is 4.44. The van der Waals surface area contributed by atoms with Crippen molar-refractivity contribution in [1.29, 1.82) is 0 Å². The van der Waals surface area contributed by atoms with Gasteiger partial charge in [-0.25, -0.2) is 4.98 Å². The fourth-order valence-electron chi connectivity index (χ4n) is 1.51. The van der Waals surface area contributed by atoms with Gasteiger partial charge in [0, 0.05) is 24.7 Å². The zero-order chi connectivity index (χ0) is 7.84. The van der Waals surface area contributed by atoms with Gasteiger partial charge in [0.1, 0.15) is 5.82 Å². The Morgan fingerprint density at radius 1 is 1.36 bits per heavy atom. The van der Waals surface area contributed by atoms with Gasteiger partial charge in [-0.2, -0.15) is 0 Å². The van der Waals surface area contributed by atoms with E-state index in [9.17, 15) is 0 Å². The summed E-state index contributed by atoms with van der Waals surface area (Å²) in [6.07, 6.45) is 0. The Hall–Kier alpha value is -0.830. The summed E-state index contributed by atoms with van der Waals surface area (Å²) in [5.41, 5.74) is 2.48. The molecule has 60 valence electrons. The van der Waals surface area contributed by atoms with Crippen LogP contribution in [0.1, 0.15) is 23.1 Å². The van der Waals surface area contributed by atoms with Crippen LogP contribution in [0.15, 0.2) is 0 Å². The molecule has 2 N–H and O–H groups in total. The van der Waals surface area contributed by atoms with Crippen molar-refractivity contribution in [3.8, 4) is 0 Å². The first-order chi connectivity index (χ1) is 5.27. The molecule has 0 bridgehead atoms. The third-order valence-corrected chi connectivity index (χ3v) is 2.21. The molecule has 1 aromatic rings. The predicted molar refractivity (Wildman–Crippen MR) is 43.7 cm³/mol. The van der Waals surface area contributed by atoms with Gasteiger partial charge in [-0.15, -0.1) is 0 Å². The zero-order valence-electron chi connectivity index (χ0n) is 6.94. The number of rotatable bonds is 1. The van der Waals surface area contributed by atoms with Crippen molar-refractivity contribution in [2.24, 2.45) is 0 Å². The average molecular weight is 151 g/mol. The number of hydrogen-bond donors (Lipinski definition) is 2. The average Bonchev–Trinajstić information content (AvgIpc) is 2.07. The summed E-state index contributed by atoms with van der Waals surface area (Å²) in [7, 11) is 0. The molecular weight excluding hydrogens is 138 g/mol. The Morgan fingerprint density at radius 3 is 2.45 bits per heavy atom. The highest BCUT2D eigenvalue weighted by molar-refractivity contribution is 5.20. The summed E-state index contributed by atoms with van der Waals surface area (Å²) in [6, 6.07) is 0. The van der Waals surface area contributed by atoms with Gasteiger partial charge in [0.05, 0.1) is 5.69 Å². The van der Waals surface area contributed by atoms with Gasteiger partial charge in [-0.05, 0) is 13.8 Å². The molecule has 1 aromatic heterocycles. The topological polar surface area (TPSA) is 40.7 Å². The van der Waals surface area contributed by atoms with E-state index < -0.39 is 0 Å². The van der Waals surface area contributed by atoms with Crippen LogP contribution in [0, 0.1) is 13.8 Å². The molecule has 3 nitrogen and oxygen atoms in total. The Bertz CT molecular complexity index is 260. The maximum Gasteiger partial charge on any atom is 0.103 e. The summed E-state index contributed by atoms with van der Waals surface area (Å²) < 4.78 is 0. The molecule has 0 aliphatic carbocycles. The van der Waals surface area contributed by atoms with E-state index in [0.29, 0.717) is 5.92 Å². The highest BCUT2D eigenvalue weighted by atomic mass is 15.0. The lowest BCUT2D eigenvalue weighted by atomic mass is 9.98. The lowest BCUT2D eigenvalue weighted by Crippen LogP contribution is -2.40. The second-order valence-corrected chi connectivity index (χ2v) is 3.19. The van der Waals surface area contributed by atoms with Gasteiger partial charge in [0.2, 0.25) is 0 Å². The van der Waals surface area contributed by atoms with Crippen LogP contribution in [0.5, 0.6) is 0 Å². The SMILES string of the molecule is Cc1nc(C2CNC2)c(C)[nH]1. The summed E-state index contributed by atoms with van der Waals surface area (Å²) in [4.78, 5) is 7.65. The summed E-state index contributed by atoms with van der Waals surface area (Å²) in [5, 5.41) is 3.24. The summed E-state index contributed by atoms with van der Waals surface area (Å²) in [5.74, 6) is 1.68. The van der Waals surface area contributed by atoms with Gasteiger partial charge in [0.25, 0.3) is 0 Å². The first-order valence-electron chi connectivity index (χ1n) is 4.01. The van der Waals surface area contributed by atoms with Crippen LogP contribution >= 0.6 is 0 Å². The van der Waals surface area contributed by atoms with E-state index in [2.05, 4.69) is 22.2 Å². The summed E-state index contributed by atoms with van der Waals surface area (Å²) >= 11 is 0. The van der Waals surface area contributed by atoms with Gasteiger partial charge >= 0.3 is 0 Å². The smallest absolute Gasteiger partial charge is 0.103 e. The number of aryl methyl sites for hydroxylation is 2. The van der Waals surface area contributed by atoms with E-state index in [1.807, 2.05) is 6.92 Å². The third-order valence-electron chi connectivity index (χ3n) is 2.21. The number of nitrogens with one attached hydrogen (secondary N) is 2. The van der Waals surface area contributed by atoms with E-state index in [-0.39, 0.29) is 0 Å². The molecule has 1 fully saturated rings. The predicted octanol–water partition coefficient (Wildman–Crippen LogP) is 0.713. The lowest BCUT2D eigenvalue weighted by Gasteiger charge is -2.25. The van der Waals surface area contributed by atoms with Crippen LogP contribution in [-0.4, -0.2) is 23.1 Å². The van der Waals surface area contributed by atoms with Gasteiger partial charge < -0.3 is 10.3 Å². The normalized spacial score (nSPS) is 18.4. The Labute approximate surface area is 66.2 Å². The van der Waals surface area contributed by atoms with E-state index in [1.54, 1.807) is 0 Å². The highest BCUT2D eigenvalue weighted by Gasteiger charge is 2.22. The van der Waals surface area contributed by atoms with Crippen LogP contribution in [0.4, 0.5) is 0 Å². The van der Waals surface area contributed by atoms with Crippen molar-refractivity contribution >= 4 is 0 Å². The number of imidazole rings is 1. The summed E-state index contributed by atoms with van der Waals surface area (Å²) in [6.45, 7) is 6.27. The number of aromatic amines is 1. The Kier molecular flexibility index (Phi) is 1.46. The minimum atomic E-state index is 0.653. The van der Waals surface area contributed by atoms with Crippen molar-refractivity contribution in [3.63, 3.8) is 0 Å². The minimum absolute atomic E-state index is 0.653. The fourth-order valence-corrected chi connectivity index (χ4v) is 1.51. The molecule has 1 saturated heterocycles. The fraction of sp³-hybridized carbons (Fsp3) is 0.625. The molecule has 0 saturated carbocycles. The maximum absolute atomic E-state index is 4.44. The van der Waals surface area contributed by atoms with E-state index in [4.69, 9.17) is 0 Å². The van der Waals surface area contributed by atoms with Crippen LogP contribution in [0.25, 0.3) is 0 Å². The van der Waals surface area contributed by atoms with Gasteiger partial charge in [-0.1, -0.05) is 0 Å². The minimum Gasteiger partial charge on any atom is -0.346 e. The Balaban J connectivity index is 2.28. The Morgan fingerprint density at radius 2 is 2.09 bits per heavy atom. The lowest BCUT2D eigenvalue weighted by molar-refractivity contribution is 0.439. The quantitative estimate of drug-likeness (QED) is 0.620. The molecular formula is C8H13N3. The standard InChI is InChI=1S/C8H13N3/c1-5-8(7-3-9-4-7)11-6(2)10-5/h7,9H,3-4H2,1-2H3,(H,10,11). The second-order valence-electron chi connectivity index (χ2n) is 3.19. The molecule has 3 heteroatoms. The number of nitrogens with zero attached hydrogens (tertiary/aromatic N) is 1. The molecule has 0 spiro atoms. The molecule has 1 aliphatic rings. The van der Waals surface area contributed by atoms with Gasteiger partial charge in [0.15, 0.2) is 0 Å². The monoisotopic (exact) mass is 151 g/mol. The molecule has 2 heterocycles. The van der Waals surface area contributed by atoms with E-state index >= 15 is 0 Å². The van der Waals surface area contributed by atoms with Gasteiger partial charge in [-0.3, -0.25) is 0 Å². The van der Waals surface area contributed by atoms with Crippen molar-refractivity contribution in [3.05, 3.63) is 17.2 Å². The molecule has 2 rings (SSSR count). The van der Waals surface area contributed by atoms with Crippen molar-refractivity contribution < 1.29 is 0 Å².